The van der Waals surface area contributed by atoms with Crippen molar-refractivity contribution < 1.29 is 4.74 Å². The molecule has 1 aromatic heterocycles. The predicted molar refractivity (Wildman–Crippen MR) is 35.0 cm³/mol. The molecule has 0 N–H and O–H groups in total. The highest BCUT2D eigenvalue weighted by atomic mass is 32.1. The number of nitrogens with zero attached hydrogens (tertiary/aromatic N) is 3. The first-order valence-electron chi connectivity index (χ1n) is 2.63. The van der Waals surface area contributed by atoms with Gasteiger partial charge in [0.1, 0.15) is 5.01 Å². The van der Waals surface area contributed by atoms with Gasteiger partial charge in [-0.15, -0.1) is 10.2 Å². The van der Waals surface area contributed by atoms with Crippen molar-refractivity contribution in [2.24, 2.45) is 0 Å². The van der Waals surface area contributed by atoms with Gasteiger partial charge in [0.2, 0.25) is 0 Å². The summed E-state index contributed by atoms with van der Waals surface area (Å²) in [5.41, 5.74) is 0. The van der Waals surface area contributed by atoms with E-state index in [2.05, 4.69) is 14.9 Å². The molecule has 0 atom stereocenters. The van der Waals surface area contributed by atoms with Gasteiger partial charge in [0.05, 0.1) is 0 Å². The lowest BCUT2D eigenvalue weighted by Crippen LogP contribution is -1.84. The zero-order valence-corrected chi connectivity index (χ0v) is 6.18. The van der Waals surface area contributed by atoms with Gasteiger partial charge in [-0.05, 0) is 6.92 Å². The molecule has 0 saturated carbocycles. The fourth-order valence-electron chi connectivity index (χ4n) is 0.490. The van der Waals surface area contributed by atoms with Crippen LogP contribution in [0.2, 0.25) is 0 Å². The van der Waals surface area contributed by atoms with Crippen LogP contribution in [-0.2, 0) is 11.3 Å². The molecule has 0 saturated heterocycles. The van der Waals surface area contributed by atoms with Gasteiger partial charge in [-0.3, -0.25) is 0 Å². The zero-order valence-electron chi connectivity index (χ0n) is 5.37. The second-order valence-electron chi connectivity index (χ2n) is 1.59. The lowest BCUT2D eigenvalue weighted by atomic mass is 10.8. The molecule has 0 aliphatic carbocycles. The van der Waals surface area contributed by atoms with Crippen LogP contribution in [0.15, 0.2) is 0 Å². The van der Waals surface area contributed by atoms with Crippen molar-refractivity contribution in [3.63, 3.8) is 0 Å². The Morgan fingerprint density at radius 2 is 2.50 bits per heavy atom. The standard InChI is InChI=1S/C5H5N3OS/c1-4-7-8-5(10-4)2-9-3-6/h2H2,1H3. The minimum absolute atomic E-state index is 0.238. The van der Waals surface area contributed by atoms with E-state index in [4.69, 9.17) is 5.26 Å². The van der Waals surface area contributed by atoms with E-state index in [1.54, 1.807) is 6.26 Å². The van der Waals surface area contributed by atoms with Crippen molar-refractivity contribution in [3.05, 3.63) is 10.0 Å². The van der Waals surface area contributed by atoms with Crippen molar-refractivity contribution in [2.45, 2.75) is 13.5 Å². The second kappa shape index (κ2) is 3.13. The number of aromatic nitrogens is 2. The molecule has 0 fully saturated rings. The van der Waals surface area contributed by atoms with Crippen LogP contribution in [0.5, 0.6) is 0 Å². The number of hydrogen-bond acceptors (Lipinski definition) is 5. The number of nitriles is 1. The maximum atomic E-state index is 8.02. The average molecular weight is 155 g/mol. The Morgan fingerprint density at radius 1 is 1.70 bits per heavy atom. The van der Waals surface area contributed by atoms with Gasteiger partial charge in [-0.1, -0.05) is 11.3 Å². The van der Waals surface area contributed by atoms with Crippen LogP contribution in [-0.4, -0.2) is 10.2 Å². The minimum atomic E-state index is 0.238. The molecule has 1 aromatic rings. The van der Waals surface area contributed by atoms with Crippen LogP contribution in [0.1, 0.15) is 10.0 Å². The first-order chi connectivity index (χ1) is 4.83. The number of rotatable bonds is 2. The first kappa shape index (κ1) is 6.96. The Hall–Kier alpha value is -1.15. The van der Waals surface area contributed by atoms with E-state index in [0.717, 1.165) is 10.0 Å². The van der Waals surface area contributed by atoms with E-state index in [1.807, 2.05) is 6.92 Å². The molecular formula is C5H5N3OS. The quantitative estimate of drug-likeness (QED) is 0.594. The zero-order chi connectivity index (χ0) is 7.40. The molecule has 5 heteroatoms. The van der Waals surface area contributed by atoms with Crippen LogP contribution in [0, 0.1) is 18.4 Å². The predicted octanol–water partition coefficient (Wildman–Crippen LogP) is 0.844. The average Bonchev–Trinajstić information content (AvgIpc) is 2.31. The van der Waals surface area contributed by atoms with E-state index in [1.165, 1.54) is 11.3 Å². The Bertz CT molecular complexity index is 252. The van der Waals surface area contributed by atoms with Crippen molar-refractivity contribution in [1.29, 1.82) is 5.26 Å². The third kappa shape index (κ3) is 1.67. The monoisotopic (exact) mass is 155 g/mol. The highest BCUT2D eigenvalue weighted by Gasteiger charge is 1.98. The highest BCUT2D eigenvalue weighted by Crippen LogP contribution is 2.07. The Kier molecular flexibility index (Phi) is 2.18. The highest BCUT2D eigenvalue weighted by molar-refractivity contribution is 7.11. The lowest BCUT2D eigenvalue weighted by molar-refractivity contribution is 0.256. The molecule has 0 unspecified atom stereocenters. The van der Waals surface area contributed by atoms with Crippen molar-refractivity contribution in [1.82, 2.24) is 10.2 Å². The summed E-state index contributed by atoms with van der Waals surface area (Å²) < 4.78 is 4.45. The molecule has 1 rings (SSSR count). The Morgan fingerprint density at radius 3 is 3.00 bits per heavy atom. The molecule has 0 radical (unpaired) electrons. The summed E-state index contributed by atoms with van der Waals surface area (Å²) in [4.78, 5) is 0. The normalized spacial score (nSPS) is 8.80. The summed E-state index contributed by atoms with van der Waals surface area (Å²) in [6.07, 6.45) is 1.56. The van der Waals surface area contributed by atoms with Gasteiger partial charge in [0.15, 0.2) is 11.6 Å². The maximum absolute atomic E-state index is 8.02. The smallest absolute Gasteiger partial charge is 0.286 e. The molecular weight excluding hydrogens is 150 g/mol. The summed E-state index contributed by atoms with van der Waals surface area (Å²) in [5.74, 6) is 0. The molecule has 4 nitrogen and oxygen atoms in total. The fourth-order valence-corrected chi connectivity index (χ4v) is 1.11. The summed E-state index contributed by atoms with van der Waals surface area (Å²) in [6.45, 7) is 2.09. The summed E-state index contributed by atoms with van der Waals surface area (Å²) in [7, 11) is 0. The van der Waals surface area contributed by atoms with E-state index >= 15 is 0 Å². The SMILES string of the molecule is Cc1nnc(COC#N)s1. The molecule has 0 bridgehead atoms. The van der Waals surface area contributed by atoms with E-state index in [0.29, 0.717) is 0 Å². The Balaban J connectivity index is 2.52. The molecule has 1 heterocycles. The summed E-state index contributed by atoms with van der Waals surface area (Å²) >= 11 is 1.43. The van der Waals surface area contributed by atoms with Gasteiger partial charge >= 0.3 is 0 Å². The third-order valence-electron chi connectivity index (χ3n) is 0.828. The molecule has 0 aromatic carbocycles. The van der Waals surface area contributed by atoms with E-state index in [-0.39, 0.29) is 6.61 Å². The van der Waals surface area contributed by atoms with E-state index in [9.17, 15) is 0 Å². The van der Waals surface area contributed by atoms with E-state index < -0.39 is 0 Å². The molecule has 0 aliphatic rings. The minimum Gasteiger partial charge on any atom is -0.420 e. The van der Waals surface area contributed by atoms with Gasteiger partial charge in [-0.2, -0.15) is 5.26 Å². The Labute approximate surface area is 62.1 Å². The molecule has 52 valence electrons. The molecule has 0 amide bonds. The topological polar surface area (TPSA) is 58.8 Å². The van der Waals surface area contributed by atoms with Gasteiger partial charge < -0.3 is 4.74 Å². The van der Waals surface area contributed by atoms with Crippen molar-refractivity contribution in [3.8, 4) is 6.26 Å². The van der Waals surface area contributed by atoms with Crippen LogP contribution < -0.4 is 0 Å². The van der Waals surface area contributed by atoms with Crippen molar-refractivity contribution in [2.75, 3.05) is 0 Å². The fraction of sp³-hybridized carbons (Fsp3) is 0.400. The number of ether oxygens (including phenoxy) is 1. The largest absolute Gasteiger partial charge is 0.420 e. The van der Waals surface area contributed by atoms with Crippen LogP contribution >= 0.6 is 11.3 Å². The third-order valence-corrected chi connectivity index (χ3v) is 1.64. The lowest BCUT2D eigenvalue weighted by Gasteiger charge is -1.85. The molecule has 10 heavy (non-hydrogen) atoms. The summed E-state index contributed by atoms with van der Waals surface area (Å²) in [5, 5.41) is 17.1. The van der Waals surface area contributed by atoms with Gasteiger partial charge in [0, 0.05) is 0 Å². The first-order valence-corrected chi connectivity index (χ1v) is 3.44. The number of aryl methyl sites for hydroxylation is 1. The maximum Gasteiger partial charge on any atom is 0.286 e. The summed E-state index contributed by atoms with van der Waals surface area (Å²) in [6, 6.07) is 0. The van der Waals surface area contributed by atoms with Crippen LogP contribution in [0.3, 0.4) is 0 Å². The second-order valence-corrected chi connectivity index (χ2v) is 2.86. The van der Waals surface area contributed by atoms with Gasteiger partial charge in [-0.25, -0.2) is 0 Å². The number of hydrogen-bond donors (Lipinski definition) is 0. The van der Waals surface area contributed by atoms with Crippen LogP contribution in [0.4, 0.5) is 0 Å². The van der Waals surface area contributed by atoms with Crippen LogP contribution in [0.25, 0.3) is 0 Å². The van der Waals surface area contributed by atoms with Crippen molar-refractivity contribution >= 4 is 11.3 Å². The molecule has 0 spiro atoms. The molecule has 0 aliphatic heterocycles. The van der Waals surface area contributed by atoms with Gasteiger partial charge in [0.25, 0.3) is 6.26 Å².